The molecule has 1 unspecified atom stereocenters. The molecule has 2 atom stereocenters. The summed E-state index contributed by atoms with van der Waals surface area (Å²) < 4.78 is 0. The van der Waals surface area contributed by atoms with E-state index in [-0.39, 0.29) is 6.04 Å². The van der Waals surface area contributed by atoms with Crippen molar-refractivity contribution in [2.75, 3.05) is 31.5 Å². The number of rotatable bonds is 9. The minimum atomic E-state index is 0.145. The highest BCUT2D eigenvalue weighted by molar-refractivity contribution is 6.30. The fourth-order valence-electron chi connectivity index (χ4n) is 7.12. The van der Waals surface area contributed by atoms with Gasteiger partial charge in [0.25, 0.3) is 0 Å². The Kier molecular flexibility index (Phi) is 9.31. The Balaban J connectivity index is 1.03. The average molecular weight is 637 g/mol. The normalized spacial score (nSPS) is 19.4. The summed E-state index contributed by atoms with van der Waals surface area (Å²) in [5.74, 6) is 2.57. The molecule has 7 heteroatoms. The number of anilines is 1. The van der Waals surface area contributed by atoms with Gasteiger partial charge in [0.1, 0.15) is 11.6 Å². The Morgan fingerprint density at radius 1 is 0.711 bits per heavy atom. The molecule has 2 aliphatic rings. The SMILES string of the molecule is Clc1ccc(C(c2ccc(Cl)cc2)N2CCN(Cc3nc(N[C@@H]4CCC(Cc5ccccc5)C4)c4ccccc4n3)CC2)cc1. The van der Waals surface area contributed by atoms with Gasteiger partial charge >= 0.3 is 0 Å². The number of aromatic nitrogens is 2. The largest absolute Gasteiger partial charge is 0.367 e. The fourth-order valence-corrected chi connectivity index (χ4v) is 7.37. The summed E-state index contributed by atoms with van der Waals surface area (Å²) in [5.41, 5.74) is 4.92. The minimum Gasteiger partial charge on any atom is -0.367 e. The van der Waals surface area contributed by atoms with E-state index in [9.17, 15) is 0 Å². The van der Waals surface area contributed by atoms with Gasteiger partial charge in [0.15, 0.2) is 0 Å². The van der Waals surface area contributed by atoms with Gasteiger partial charge in [0.05, 0.1) is 18.1 Å². The van der Waals surface area contributed by atoms with Crippen molar-refractivity contribution in [2.24, 2.45) is 5.92 Å². The molecule has 1 saturated carbocycles. The second-order valence-corrected chi connectivity index (χ2v) is 13.4. The molecule has 1 aliphatic carbocycles. The summed E-state index contributed by atoms with van der Waals surface area (Å²) in [6, 6.07) is 36.3. The van der Waals surface area contributed by atoms with Gasteiger partial charge in [-0.25, -0.2) is 9.97 Å². The first-order chi connectivity index (χ1) is 22.1. The molecule has 4 aromatic carbocycles. The molecule has 7 rings (SSSR count). The monoisotopic (exact) mass is 635 g/mol. The maximum absolute atomic E-state index is 6.24. The van der Waals surface area contributed by atoms with E-state index in [2.05, 4.69) is 94.0 Å². The van der Waals surface area contributed by atoms with Gasteiger partial charge in [-0.3, -0.25) is 9.80 Å². The molecule has 5 aromatic rings. The molecular formula is C38H39Cl2N5. The summed E-state index contributed by atoms with van der Waals surface area (Å²) in [5, 5.41) is 6.45. The Hall–Kier alpha value is -3.48. The third-order valence-corrected chi connectivity index (χ3v) is 9.91. The lowest BCUT2D eigenvalue weighted by Crippen LogP contribution is -2.47. The fraction of sp³-hybridized carbons (Fsp3) is 0.316. The van der Waals surface area contributed by atoms with E-state index in [1.165, 1.54) is 36.0 Å². The summed E-state index contributed by atoms with van der Waals surface area (Å²) in [6.45, 7) is 4.51. The summed E-state index contributed by atoms with van der Waals surface area (Å²) in [6.07, 6.45) is 4.75. The number of nitrogens with zero attached hydrogens (tertiary/aromatic N) is 4. The van der Waals surface area contributed by atoms with Crippen molar-refractivity contribution in [1.82, 2.24) is 19.8 Å². The average Bonchev–Trinajstić information content (AvgIpc) is 3.50. The summed E-state index contributed by atoms with van der Waals surface area (Å²) in [7, 11) is 0. The van der Waals surface area contributed by atoms with Crippen LogP contribution < -0.4 is 5.32 Å². The Morgan fingerprint density at radius 2 is 1.36 bits per heavy atom. The van der Waals surface area contributed by atoms with E-state index in [0.717, 1.165) is 71.7 Å². The van der Waals surface area contributed by atoms with Crippen molar-refractivity contribution >= 4 is 39.9 Å². The second-order valence-electron chi connectivity index (χ2n) is 12.5. The lowest BCUT2D eigenvalue weighted by atomic mass is 9.96. The standard InChI is InChI=1S/C38H39Cl2N5/c39-31-15-11-29(12-16-31)37(30-13-17-32(40)18-14-30)45-22-20-44(21-23-45)26-36-42-35-9-5-4-8-34(35)38(43-36)41-33-19-10-28(25-33)24-27-6-2-1-3-7-27/h1-9,11-18,28,33,37H,10,19-26H2,(H,41,42,43)/t28?,33-/m1/s1. The lowest BCUT2D eigenvalue weighted by molar-refractivity contribution is 0.103. The van der Waals surface area contributed by atoms with Crippen LogP contribution in [-0.2, 0) is 13.0 Å². The second kappa shape index (κ2) is 13.9. The van der Waals surface area contributed by atoms with E-state index in [4.69, 9.17) is 33.2 Å². The quantitative estimate of drug-likeness (QED) is 0.176. The molecule has 0 bridgehead atoms. The van der Waals surface area contributed by atoms with Crippen LogP contribution in [0.2, 0.25) is 10.0 Å². The molecule has 0 spiro atoms. The van der Waals surface area contributed by atoms with Crippen molar-refractivity contribution in [3.63, 3.8) is 0 Å². The molecule has 230 valence electrons. The first-order valence-corrected chi connectivity index (χ1v) is 16.9. The molecule has 2 fully saturated rings. The van der Waals surface area contributed by atoms with Crippen LogP contribution in [0.4, 0.5) is 5.82 Å². The van der Waals surface area contributed by atoms with Crippen LogP contribution in [0.5, 0.6) is 0 Å². The van der Waals surface area contributed by atoms with Crippen molar-refractivity contribution < 1.29 is 0 Å². The van der Waals surface area contributed by atoms with Crippen molar-refractivity contribution in [1.29, 1.82) is 0 Å². The molecular weight excluding hydrogens is 597 g/mol. The zero-order valence-electron chi connectivity index (χ0n) is 25.5. The number of hydrogen-bond acceptors (Lipinski definition) is 5. The number of para-hydroxylation sites is 1. The molecule has 0 amide bonds. The first-order valence-electron chi connectivity index (χ1n) is 16.1. The summed E-state index contributed by atoms with van der Waals surface area (Å²) in [4.78, 5) is 15.2. The van der Waals surface area contributed by atoms with Crippen LogP contribution in [0.15, 0.2) is 103 Å². The molecule has 0 radical (unpaired) electrons. The van der Waals surface area contributed by atoms with Crippen LogP contribution in [0.1, 0.15) is 47.8 Å². The number of benzene rings is 4. The van der Waals surface area contributed by atoms with Gasteiger partial charge in [-0.05, 0) is 84.7 Å². The zero-order valence-corrected chi connectivity index (χ0v) is 27.0. The molecule has 1 N–H and O–H groups in total. The topological polar surface area (TPSA) is 44.3 Å². The highest BCUT2D eigenvalue weighted by Crippen LogP contribution is 2.33. The van der Waals surface area contributed by atoms with E-state index in [1.54, 1.807) is 0 Å². The van der Waals surface area contributed by atoms with Crippen LogP contribution in [0.3, 0.4) is 0 Å². The Bertz CT molecular complexity index is 1660. The maximum Gasteiger partial charge on any atom is 0.145 e. The lowest BCUT2D eigenvalue weighted by Gasteiger charge is -2.39. The Labute approximate surface area is 276 Å². The summed E-state index contributed by atoms with van der Waals surface area (Å²) >= 11 is 12.5. The van der Waals surface area contributed by atoms with Crippen molar-refractivity contribution in [2.45, 2.75) is 44.3 Å². The number of piperazine rings is 1. The molecule has 1 saturated heterocycles. The van der Waals surface area contributed by atoms with Gasteiger partial charge in [-0.1, -0.05) is 89.9 Å². The van der Waals surface area contributed by atoms with Gasteiger partial charge in [0.2, 0.25) is 0 Å². The van der Waals surface area contributed by atoms with Gasteiger partial charge in [-0.15, -0.1) is 0 Å². The molecule has 5 nitrogen and oxygen atoms in total. The van der Waals surface area contributed by atoms with Gasteiger partial charge in [-0.2, -0.15) is 0 Å². The van der Waals surface area contributed by atoms with E-state index in [1.807, 2.05) is 24.3 Å². The number of halogens is 2. The molecule has 1 aliphatic heterocycles. The molecule has 2 heterocycles. The van der Waals surface area contributed by atoms with E-state index >= 15 is 0 Å². The minimum absolute atomic E-state index is 0.145. The highest BCUT2D eigenvalue weighted by atomic mass is 35.5. The van der Waals surface area contributed by atoms with Crippen LogP contribution in [0.25, 0.3) is 10.9 Å². The predicted octanol–water partition coefficient (Wildman–Crippen LogP) is 8.67. The Morgan fingerprint density at radius 3 is 2.04 bits per heavy atom. The zero-order chi connectivity index (χ0) is 30.6. The number of nitrogens with one attached hydrogen (secondary N) is 1. The molecule has 45 heavy (non-hydrogen) atoms. The first kappa shape index (κ1) is 30.2. The van der Waals surface area contributed by atoms with E-state index < -0.39 is 0 Å². The smallest absolute Gasteiger partial charge is 0.145 e. The molecule has 1 aromatic heterocycles. The van der Waals surface area contributed by atoms with Gasteiger partial charge in [0, 0.05) is 47.7 Å². The highest BCUT2D eigenvalue weighted by Gasteiger charge is 2.28. The maximum atomic E-state index is 6.24. The van der Waals surface area contributed by atoms with Gasteiger partial charge < -0.3 is 5.32 Å². The van der Waals surface area contributed by atoms with Crippen molar-refractivity contribution in [3.8, 4) is 0 Å². The third kappa shape index (κ3) is 7.34. The van der Waals surface area contributed by atoms with Crippen LogP contribution >= 0.6 is 23.2 Å². The third-order valence-electron chi connectivity index (χ3n) is 9.41. The van der Waals surface area contributed by atoms with Crippen molar-refractivity contribution in [3.05, 3.63) is 136 Å². The van der Waals surface area contributed by atoms with Crippen LogP contribution in [0, 0.1) is 5.92 Å². The number of fused-ring (bicyclic) bond motifs is 1. The van der Waals surface area contributed by atoms with E-state index in [0.29, 0.717) is 12.0 Å². The van der Waals surface area contributed by atoms with Crippen LogP contribution in [-0.4, -0.2) is 52.0 Å². The number of hydrogen-bond donors (Lipinski definition) is 1. The predicted molar refractivity (Wildman–Crippen MR) is 186 cm³/mol.